The molecule has 2 heterocycles. The van der Waals surface area contributed by atoms with Crippen molar-refractivity contribution in [2.45, 2.75) is 13.1 Å². The molecule has 0 bridgehead atoms. The second-order valence-corrected chi connectivity index (χ2v) is 6.27. The number of nitrogens with one attached hydrogen (secondary N) is 1. The van der Waals surface area contributed by atoms with Gasteiger partial charge in [0, 0.05) is 36.4 Å². The summed E-state index contributed by atoms with van der Waals surface area (Å²) < 4.78 is 1.86. The number of amides is 1. The Morgan fingerprint density at radius 3 is 2.62 bits per heavy atom. The number of rotatable bonds is 7. The Labute approximate surface area is 152 Å². The summed E-state index contributed by atoms with van der Waals surface area (Å²) in [7, 11) is 4.01. The maximum Gasteiger partial charge on any atom is 0.248 e. The van der Waals surface area contributed by atoms with Gasteiger partial charge in [0.2, 0.25) is 5.91 Å². The molecule has 134 valence electrons. The number of carbonyl (C=O) groups is 1. The third-order valence-electron chi connectivity index (χ3n) is 3.97. The molecule has 3 aromatic rings. The summed E-state index contributed by atoms with van der Waals surface area (Å²) in [4.78, 5) is 17.6. The quantitative estimate of drug-likeness (QED) is 0.681. The molecule has 0 aliphatic carbocycles. The fourth-order valence-corrected chi connectivity index (χ4v) is 2.74. The van der Waals surface area contributed by atoms with E-state index >= 15 is 0 Å². The van der Waals surface area contributed by atoms with Gasteiger partial charge in [0.25, 0.3) is 0 Å². The molecule has 3 N–H and O–H groups in total. The fraction of sp³-hybridized carbons (Fsp3) is 0.211. The topological polar surface area (TPSA) is 89.1 Å². The molecule has 0 fully saturated rings. The third kappa shape index (κ3) is 4.07. The summed E-state index contributed by atoms with van der Waals surface area (Å²) in [5.41, 5.74) is 9.83. The van der Waals surface area contributed by atoms with Crippen molar-refractivity contribution < 1.29 is 4.79 Å². The molecular formula is C19H22N6O. The van der Waals surface area contributed by atoms with Crippen LogP contribution in [0.1, 0.15) is 21.6 Å². The second-order valence-electron chi connectivity index (χ2n) is 6.27. The Hall–Kier alpha value is -3.19. The summed E-state index contributed by atoms with van der Waals surface area (Å²) in [6.07, 6.45) is 5.23. The van der Waals surface area contributed by atoms with Gasteiger partial charge in [-0.1, -0.05) is 6.07 Å². The number of benzene rings is 1. The largest absolute Gasteiger partial charge is 0.379 e. The molecule has 0 aliphatic rings. The number of nitrogens with two attached hydrogens (primary N) is 1. The first-order valence-corrected chi connectivity index (χ1v) is 8.29. The first-order chi connectivity index (χ1) is 12.5. The van der Waals surface area contributed by atoms with Crippen molar-refractivity contribution in [2.24, 2.45) is 5.73 Å². The molecule has 1 amide bonds. The molecule has 0 unspecified atom stereocenters. The Morgan fingerprint density at radius 2 is 1.92 bits per heavy atom. The van der Waals surface area contributed by atoms with Gasteiger partial charge < -0.3 is 16.0 Å². The average molecular weight is 350 g/mol. The van der Waals surface area contributed by atoms with Crippen LogP contribution in [-0.4, -0.2) is 39.7 Å². The Bertz CT molecular complexity index is 888. The van der Waals surface area contributed by atoms with Crippen LogP contribution < -0.4 is 11.1 Å². The van der Waals surface area contributed by atoms with E-state index in [4.69, 9.17) is 5.73 Å². The molecule has 26 heavy (non-hydrogen) atoms. The maximum atomic E-state index is 11.5. The highest BCUT2D eigenvalue weighted by atomic mass is 16.1. The van der Waals surface area contributed by atoms with Gasteiger partial charge in [-0.05, 0) is 50.0 Å². The van der Waals surface area contributed by atoms with E-state index in [1.54, 1.807) is 30.7 Å². The molecule has 0 atom stereocenters. The lowest BCUT2D eigenvalue weighted by atomic mass is 10.1. The predicted octanol–water partition coefficient (Wildman–Crippen LogP) is 2.04. The van der Waals surface area contributed by atoms with Crippen molar-refractivity contribution in [3.05, 3.63) is 71.8 Å². The number of pyridine rings is 1. The number of carbonyl (C=O) groups excluding carboxylic acids is 1. The van der Waals surface area contributed by atoms with E-state index < -0.39 is 5.91 Å². The Kier molecular flexibility index (Phi) is 5.28. The van der Waals surface area contributed by atoms with Crippen LogP contribution in [0, 0.1) is 0 Å². The second kappa shape index (κ2) is 7.79. The molecule has 0 aliphatic heterocycles. The predicted molar refractivity (Wildman–Crippen MR) is 101 cm³/mol. The average Bonchev–Trinajstić information content (AvgIpc) is 3.09. The number of aromatic nitrogens is 3. The van der Waals surface area contributed by atoms with Gasteiger partial charge in [0.15, 0.2) is 0 Å². The van der Waals surface area contributed by atoms with Crippen LogP contribution in [0.3, 0.4) is 0 Å². The molecule has 0 spiro atoms. The van der Waals surface area contributed by atoms with Gasteiger partial charge in [0.1, 0.15) is 0 Å². The minimum atomic E-state index is -0.439. The normalized spacial score (nSPS) is 10.9. The highest BCUT2D eigenvalue weighted by molar-refractivity contribution is 5.94. The van der Waals surface area contributed by atoms with Gasteiger partial charge in [0.05, 0.1) is 17.9 Å². The van der Waals surface area contributed by atoms with Crippen LogP contribution in [0.2, 0.25) is 0 Å². The van der Waals surface area contributed by atoms with Crippen molar-refractivity contribution in [1.82, 2.24) is 19.7 Å². The summed E-state index contributed by atoms with van der Waals surface area (Å²) in [6.45, 7) is 1.32. The maximum absolute atomic E-state index is 11.5. The van der Waals surface area contributed by atoms with E-state index in [1.165, 1.54) is 0 Å². The molecule has 3 rings (SSSR count). The lowest BCUT2D eigenvalue weighted by Gasteiger charge is -2.17. The molecule has 7 nitrogen and oxygen atoms in total. The third-order valence-corrected chi connectivity index (χ3v) is 3.97. The molecule has 0 saturated carbocycles. The lowest BCUT2D eigenvalue weighted by Crippen LogP contribution is -2.16. The minimum Gasteiger partial charge on any atom is -0.379 e. The summed E-state index contributed by atoms with van der Waals surface area (Å²) >= 11 is 0. The number of primary amides is 1. The zero-order chi connectivity index (χ0) is 18.5. The molecule has 2 aromatic heterocycles. The number of hydrogen-bond acceptors (Lipinski definition) is 5. The van der Waals surface area contributed by atoms with E-state index in [0.29, 0.717) is 12.1 Å². The highest BCUT2D eigenvalue weighted by Gasteiger charge is 2.10. The van der Waals surface area contributed by atoms with Crippen LogP contribution in [-0.2, 0) is 13.1 Å². The van der Waals surface area contributed by atoms with Crippen LogP contribution in [0.15, 0.2) is 55.0 Å². The highest BCUT2D eigenvalue weighted by Crippen LogP contribution is 2.20. The molecule has 7 heteroatoms. The van der Waals surface area contributed by atoms with Crippen molar-refractivity contribution >= 4 is 11.6 Å². The van der Waals surface area contributed by atoms with Gasteiger partial charge in [-0.25, -0.2) is 4.68 Å². The van der Waals surface area contributed by atoms with Crippen molar-refractivity contribution in [3.63, 3.8) is 0 Å². The Balaban J connectivity index is 1.84. The number of nitrogens with zero attached hydrogens (tertiary/aromatic N) is 4. The molecule has 1 aromatic carbocycles. The monoisotopic (exact) mass is 350 g/mol. The number of hydrogen-bond donors (Lipinski definition) is 2. The van der Waals surface area contributed by atoms with E-state index in [0.717, 1.165) is 29.2 Å². The van der Waals surface area contributed by atoms with Gasteiger partial charge >= 0.3 is 0 Å². The van der Waals surface area contributed by atoms with E-state index in [2.05, 4.69) is 20.3 Å². The molecule has 0 radical (unpaired) electrons. The van der Waals surface area contributed by atoms with Crippen molar-refractivity contribution in [3.8, 4) is 5.69 Å². The van der Waals surface area contributed by atoms with Crippen molar-refractivity contribution in [2.75, 3.05) is 19.4 Å². The van der Waals surface area contributed by atoms with Crippen LogP contribution in [0.5, 0.6) is 0 Å². The molecular weight excluding hydrogens is 328 g/mol. The van der Waals surface area contributed by atoms with Gasteiger partial charge in [-0.2, -0.15) is 5.10 Å². The number of anilines is 1. The summed E-state index contributed by atoms with van der Waals surface area (Å²) in [5, 5.41) is 7.80. The zero-order valence-corrected chi connectivity index (χ0v) is 14.9. The standard InChI is InChI=1S/C19H22N6O/c1-24(2)13-15-4-3-14(19(20)26)11-18(15)22-12-17-7-10-23-25(17)16-5-8-21-9-6-16/h3-11,22H,12-13H2,1-2H3,(H2,20,26). The van der Waals surface area contributed by atoms with Crippen LogP contribution >= 0.6 is 0 Å². The fourth-order valence-electron chi connectivity index (χ4n) is 2.74. The van der Waals surface area contributed by atoms with Gasteiger partial charge in [-0.15, -0.1) is 0 Å². The van der Waals surface area contributed by atoms with E-state index in [9.17, 15) is 4.79 Å². The lowest BCUT2D eigenvalue weighted by molar-refractivity contribution is 0.100. The van der Waals surface area contributed by atoms with Crippen molar-refractivity contribution in [1.29, 1.82) is 0 Å². The van der Waals surface area contributed by atoms with E-state index in [1.807, 2.05) is 43.0 Å². The zero-order valence-electron chi connectivity index (χ0n) is 14.9. The minimum absolute atomic E-state index is 0.439. The first kappa shape index (κ1) is 17.6. The SMILES string of the molecule is CN(C)Cc1ccc(C(N)=O)cc1NCc1ccnn1-c1ccncc1. The first-order valence-electron chi connectivity index (χ1n) is 8.29. The van der Waals surface area contributed by atoms with Crippen LogP contribution in [0.4, 0.5) is 5.69 Å². The van der Waals surface area contributed by atoms with E-state index in [-0.39, 0.29) is 0 Å². The smallest absolute Gasteiger partial charge is 0.248 e. The summed E-state index contributed by atoms with van der Waals surface area (Å²) in [6, 6.07) is 11.3. The summed E-state index contributed by atoms with van der Waals surface area (Å²) in [5.74, 6) is -0.439. The molecule has 0 saturated heterocycles. The van der Waals surface area contributed by atoms with Crippen LogP contribution in [0.25, 0.3) is 5.69 Å². The Morgan fingerprint density at radius 1 is 1.15 bits per heavy atom. The van der Waals surface area contributed by atoms with Gasteiger partial charge in [-0.3, -0.25) is 9.78 Å².